The summed E-state index contributed by atoms with van der Waals surface area (Å²) in [5.41, 5.74) is 7.77. The van der Waals surface area contributed by atoms with Gasteiger partial charge in [0, 0.05) is 5.56 Å². The molecule has 2 N–H and O–H groups in total. The Morgan fingerprint density at radius 1 is 1.31 bits per heavy atom. The number of anilines is 1. The average molecular weight is 182 g/mol. The SMILES string of the molecule is CCCCCc1noc(N)c1CC. The van der Waals surface area contributed by atoms with Crippen LogP contribution in [0.1, 0.15) is 44.4 Å². The topological polar surface area (TPSA) is 52.0 Å². The van der Waals surface area contributed by atoms with Crippen LogP contribution in [0.3, 0.4) is 0 Å². The molecule has 0 atom stereocenters. The monoisotopic (exact) mass is 182 g/mol. The third-order valence-corrected chi connectivity index (χ3v) is 2.27. The largest absolute Gasteiger partial charge is 0.367 e. The van der Waals surface area contributed by atoms with E-state index >= 15 is 0 Å². The Balaban J connectivity index is 2.55. The van der Waals surface area contributed by atoms with E-state index in [1.54, 1.807) is 0 Å². The summed E-state index contributed by atoms with van der Waals surface area (Å²) in [6.45, 7) is 4.27. The van der Waals surface area contributed by atoms with Gasteiger partial charge in [-0.3, -0.25) is 0 Å². The molecular weight excluding hydrogens is 164 g/mol. The van der Waals surface area contributed by atoms with Gasteiger partial charge in [-0.25, -0.2) is 0 Å². The predicted molar refractivity (Wildman–Crippen MR) is 53.5 cm³/mol. The third kappa shape index (κ3) is 2.47. The van der Waals surface area contributed by atoms with E-state index in [0.717, 1.165) is 24.1 Å². The molecule has 0 amide bonds. The highest BCUT2D eigenvalue weighted by atomic mass is 16.5. The van der Waals surface area contributed by atoms with E-state index in [4.69, 9.17) is 10.3 Å². The highest BCUT2D eigenvalue weighted by Gasteiger charge is 2.10. The van der Waals surface area contributed by atoms with E-state index < -0.39 is 0 Å². The second-order valence-electron chi connectivity index (χ2n) is 3.28. The molecule has 1 rings (SSSR count). The summed E-state index contributed by atoms with van der Waals surface area (Å²) >= 11 is 0. The summed E-state index contributed by atoms with van der Waals surface area (Å²) in [6.07, 6.45) is 5.56. The molecule has 0 aromatic carbocycles. The first-order chi connectivity index (χ1) is 6.29. The van der Waals surface area contributed by atoms with Crippen molar-refractivity contribution in [1.29, 1.82) is 0 Å². The number of nitrogen functional groups attached to an aromatic ring is 1. The predicted octanol–water partition coefficient (Wildman–Crippen LogP) is 2.55. The van der Waals surface area contributed by atoms with Gasteiger partial charge in [-0.05, 0) is 19.3 Å². The third-order valence-electron chi connectivity index (χ3n) is 2.27. The lowest BCUT2D eigenvalue weighted by atomic mass is 10.1. The summed E-state index contributed by atoms with van der Waals surface area (Å²) in [7, 11) is 0. The number of hydrogen-bond donors (Lipinski definition) is 1. The molecule has 1 aromatic heterocycles. The number of aromatic nitrogens is 1. The zero-order valence-corrected chi connectivity index (χ0v) is 8.47. The van der Waals surface area contributed by atoms with Crippen LogP contribution >= 0.6 is 0 Å². The van der Waals surface area contributed by atoms with Gasteiger partial charge in [0.15, 0.2) is 0 Å². The Morgan fingerprint density at radius 2 is 2.08 bits per heavy atom. The molecule has 0 aliphatic carbocycles. The number of unbranched alkanes of at least 4 members (excludes halogenated alkanes) is 2. The molecule has 3 heteroatoms. The summed E-state index contributed by atoms with van der Waals surface area (Å²) in [5, 5.41) is 3.96. The van der Waals surface area contributed by atoms with Gasteiger partial charge < -0.3 is 10.3 Å². The zero-order valence-electron chi connectivity index (χ0n) is 8.47. The fourth-order valence-electron chi connectivity index (χ4n) is 1.47. The van der Waals surface area contributed by atoms with Crippen molar-refractivity contribution in [2.45, 2.75) is 46.0 Å². The Bertz CT molecular complexity index is 255. The van der Waals surface area contributed by atoms with Crippen molar-refractivity contribution in [3.05, 3.63) is 11.3 Å². The molecule has 3 nitrogen and oxygen atoms in total. The van der Waals surface area contributed by atoms with Gasteiger partial charge in [0.1, 0.15) is 0 Å². The van der Waals surface area contributed by atoms with Crippen LogP contribution < -0.4 is 5.73 Å². The Morgan fingerprint density at radius 3 is 2.69 bits per heavy atom. The number of nitrogens with two attached hydrogens (primary N) is 1. The van der Waals surface area contributed by atoms with Gasteiger partial charge in [-0.2, -0.15) is 0 Å². The second kappa shape index (κ2) is 4.90. The van der Waals surface area contributed by atoms with E-state index in [0.29, 0.717) is 5.88 Å². The lowest BCUT2D eigenvalue weighted by Gasteiger charge is -1.97. The number of nitrogens with zero attached hydrogens (tertiary/aromatic N) is 1. The standard InChI is InChI=1S/C10H18N2O/c1-3-5-6-7-9-8(4-2)10(11)13-12-9/h3-7,11H2,1-2H3. The van der Waals surface area contributed by atoms with Crippen molar-refractivity contribution >= 4 is 5.88 Å². The molecule has 0 unspecified atom stereocenters. The van der Waals surface area contributed by atoms with Gasteiger partial charge in [0.05, 0.1) is 5.69 Å². The molecule has 13 heavy (non-hydrogen) atoms. The van der Waals surface area contributed by atoms with Crippen LogP contribution in [0.2, 0.25) is 0 Å². The maximum Gasteiger partial charge on any atom is 0.225 e. The van der Waals surface area contributed by atoms with Crippen molar-refractivity contribution in [3.63, 3.8) is 0 Å². The van der Waals surface area contributed by atoms with Crippen molar-refractivity contribution in [2.24, 2.45) is 0 Å². The normalized spacial score (nSPS) is 10.6. The van der Waals surface area contributed by atoms with Gasteiger partial charge in [0.25, 0.3) is 0 Å². The fourth-order valence-corrected chi connectivity index (χ4v) is 1.47. The number of rotatable bonds is 5. The lowest BCUT2D eigenvalue weighted by Crippen LogP contribution is -1.93. The van der Waals surface area contributed by atoms with Crippen LogP contribution in [0.4, 0.5) is 5.88 Å². The maximum atomic E-state index is 5.63. The van der Waals surface area contributed by atoms with Crippen LogP contribution in [-0.4, -0.2) is 5.16 Å². The Kier molecular flexibility index (Phi) is 3.80. The molecule has 1 aromatic rings. The second-order valence-corrected chi connectivity index (χ2v) is 3.28. The molecular formula is C10H18N2O. The van der Waals surface area contributed by atoms with E-state index in [2.05, 4.69) is 19.0 Å². The number of aryl methyl sites for hydroxylation is 1. The first kappa shape index (κ1) is 10.1. The van der Waals surface area contributed by atoms with E-state index in [1.165, 1.54) is 19.3 Å². The van der Waals surface area contributed by atoms with E-state index in [1.807, 2.05) is 0 Å². The molecule has 74 valence electrons. The van der Waals surface area contributed by atoms with Crippen molar-refractivity contribution in [3.8, 4) is 0 Å². The maximum absolute atomic E-state index is 5.63. The minimum absolute atomic E-state index is 0.494. The first-order valence-corrected chi connectivity index (χ1v) is 5.02. The Labute approximate surface area is 79.3 Å². The smallest absolute Gasteiger partial charge is 0.225 e. The van der Waals surface area contributed by atoms with Crippen molar-refractivity contribution in [1.82, 2.24) is 5.16 Å². The van der Waals surface area contributed by atoms with E-state index in [-0.39, 0.29) is 0 Å². The minimum atomic E-state index is 0.494. The summed E-state index contributed by atoms with van der Waals surface area (Å²) in [4.78, 5) is 0. The quantitative estimate of drug-likeness (QED) is 0.712. The van der Waals surface area contributed by atoms with Crippen LogP contribution in [0.15, 0.2) is 4.52 Å². The van der Waals surface area contributed by atoms with Crippen molar-refractivity contribution in [2.75, 3.05) is 5.73 Å². The number of hydrogen-bond acceptors (Lipinski definition) is 3. The molecule has 0 aliphatic heterocycles. The highest BCUT2D eigenvalue weighted by Crippen LogP contribution is 2.18. The summed E-state index contributed by atoms with van der Waals surface area (Å²) in [6, 6.07) is 0. The average Bonchev–Trinajstić information content (AvgIpc) is 2.47. The molecule has 0 aliphatic rings. The molecule has 0 saturated carbocycles. The van der Waals surface area contributed by atoms with Crippen LogP contribution in [-0.2, 0) is 12.8 Å². The summed E-state index contributed by atoms with van der Waals surface area (Å²) in [5.74, 6) is 0.494. The van der Waals surface area contributed by atoms with Crippen LogP contribution in [0.25, 0.3) is 0 Å². The highest BCUT2D eigenvalue weighted by molar-refractivity contribution is 5.38. The first-order valence-electron chi connectivity index (χ1n) is 5.02. The van der Waals surface area contributed by atoms with Gasteiger partial charge in [-0.1, -0.05) is 31.8 Å². The molecule has 1 heterocycles. The molecule has 0 radical (unpaired) electrons. The minimum Gasteiger partial charge on any atom is -0.367 e. The van der Waals surface area contributed by atoms with E-state index in [9.17, 15) is 0 Å². The molecule has 0 fully saturated rings. The molecule has 0 bridgehead atoms. The van der Waals surface area contributed by atoms with Gasteiger partial charge in [-0.15, -0.1) is 0 Å². The van der Waals surface area contributed by atoms with Gasteiger partial charge >= 0.3 is 0 Å². The molecule has 0 saturated heterocycles. The summed E-state index contributed by atoms with van der Waals surface area (Å²) < 4.78 is 4.94. The Hall–Kier alpha value is -0.990. The molecule has 0 spiro atoms. The fraction of sp³-hybridized carbons (Fsp3) is 0.700. The van der Waals surface area contributed by atoms with Crippen LogP contribution in [0.5, 0.6) is 0 Å². The van der Waals surface area contributed by atoms with Crippen molar-refractivity contribution < 1.29 is 4.52 Å². The lowest BCUT2D eigenvalue weighted by molar-refractivity contribution is 0.426. The van der Waals surface area contributed by atoms with Gasteiger partial charge in [0.2, 0.25) is 5.88 Å². The van der Waals surface area contributed by atoms with Crippen LogP contribution in [0, 0.1) is 0 Å². The zero-order chi connectivity index (χ0) is 9.68.